The topological polar surface area (TPSA) is 20.2 Å². The maximum absolute atomic E-state index is 13.0. The number of aliphatic hydroxyl groups excluding tert-OH is 1. The second-order valence-electron chi connectivity index (χ2n) is 3.93. The second-order valence-corrected chi connectivity index (χ2v) is 5.81. The molecule has 0 saturated heterocycles. The molecule has 0 amide bonds. The number of thioether (sulfide) groups is 1. The van der Waals surface area contributed by atoms with Crippen molar-refractivity contribution in [1.82, 2.24) is 0 Å². The Morgan fingerprint density at radius 1 is 1.11 bits per heavy atom. The zero-order valence-corrected chi connectivity index (χ0v) is 12.1. The van der Waals surface area contributed by atoms with Crippen LogP contribution in [0, 0.1) is 5.82 Å². The fourth-order valence-corrected chi connectivity index (χ4v) is 2.95. The van der Waals surface area contributed by atoms with Gasteiger partial charge in [0.15, 0.2) is 0 Å². The van der Waals surface area contributed by atoms with Crippen molar-refractivity contribution >= 4 is 35.0 Å². The summed E-state index contributed by atoms with van der Waals surface area (Å²) in [5, 5.41) is 10.7. The van der Waals surface area contributed by atoms with Gasteiger partial charge in [-0.05, 0) is 29.8 Å². The van der Waals surface area contributed by atoms with Gasteiger partial charge in [-0.2, -0.15) is 0 Å². The predicted molar refractivity (Wildman–Crippen MR) is 78.5 cm³/mol. The summed E-state index contributed by atoms with van der Waals surface area (Å²) in [7, 11) is 0. The van der Waals surface area contributed by atoms with E-state index in [0.717, 1.165) is 4.90 Å². The van der Waals surface area contributed by atoms with E-state index in [4.69, 9.17) is 23.2 Å². The van der Waals surface area contributed by atoms with Crippen molar-refractivity contribution in [3.05, 3.63) is 63.9 Å². The molecule has 0 aliphatic carbocycles. The van der Waals surface area contributed by atoms with Crippen LogP contribution in [0.25, 0.3) is 0 Å². The fraction of sp³-hybridized carbons (Fsp3) is 0.143. The van der Waals surface area contributed by atoms with Crippen molar-refractivity contribution in [1.29, 1.82) is 0 Å². The Bertz CT molecular complexity index is 577. The predicted octanol–water partition coefficient (Wildman–Crippen LogP) is 4.96. The Hall–Kier alpha value is -0.740. The average Bonchev–Trinajstić information content (AvgIpc) is 2.40. The quantitative estimate of drug-likeness (QED) is 0.805. The van der Waals surface area contributed by atoms with Crippen LogP contribution in [0.1, 0.15) is 11.7 Å². The van der Waals surface area contributed by atoms with Crippen LogP contribution >= 0.6 is 35.0 Å². The van der Waals surface area contributed by atoms with E-state index in [2.05, 4.69) is 0 Å². The lowest BCUT2D eigenvalue weighted by atomic mass is 10.1. The lowest BCUT2D eigenvalue weighted by molar-refractivity contribution is 0.204. The van der Waals surface area contributed by atoms with Crippen LogP contribution in [0.5, 0.6) is 0 Å². The van der Waals surface area contributed by atoms with Crippen molar-refractivity contribution < 1.29 is 9.50 Å². The molecule has 2 aromatic rings. The zero-order valence-electron chi connectivity index (χ0n) is 9.82. The highest BCUT2D eigenvalue weighted by Crippen LogP contribution is 2.31. The van der Waals surface area contributed by atoms with E-state index in [0.29, 0.717) is 16.3 Å². The first-order valence-corrected chi connectivity index (χ1v) is 7.32. The molecule has 100 valence electrons. The van der Waals surface area contributed by atoms with Crippen LogP contribution < -0.4 is 0 Å². The monoisotopic (exact) mass is 316 g/mol. The Kier molecular flexibility index (Phi) is 5.11. The van der Waals surface area contributed by atoms with Crippen molar-refractivity contribution in [3.8, 4) is 0 Å². The molecule has 1 nitrogen and oxygen atoms in total. The molecule has 1 N–H and O–H groups in total. The first-order valence-electron chi connectivity index (χ1n) is 5.58. The summed E-state index contributed by atoms with van der Waals surface area (Å²) in [4.78, 5) is 0.899. The van der Waals surface area contributed by atoms with Gasteiger partial charge in [-0.15, -0.1) is 11.8 Å². The smallest absolute Gasteiger partial charge is 0.141 e. The van der Waals surface area contributed by atoms with Gasteiger partial charge in [-0.25, -0.2) is 4.39 Å². The molecule has 0 spiro atoms. The number of benzene rings is 2. The summed E-state index contributed by atoms with van der Waals surface area (Å²) >= 11 is 13.2. The molecule has 0 aliphatic rings. The minimum Gasteiger partial charge on any atom is -0.388 e. The van der Waals surface area contributed by atoms with Gasteiger partial charge in [0.1, 0.15) is 5.82 Å². The van der Waals surface area contributed by atoms with Gasteiger partial charge in [0.25, 0.3) is 0 Å². The normalized spacial score (nSPS) is 12.4. The largest absolute Gasteiger partial charge is 0.388 e. The lowest BCUT2D eigenvalue weighted by Gasteiger charge is -2.12. The second kappa shape index (κ2) is 6.62. The van der Waals surface area contributed by atoms with E-state index in [9.17, 15) is 9.50 Å². The number of rotatable bonds is 4. The summed E-state index contributed by atoms with van der Waals surface area (Å²) in [5.74, 6) is -0.0672. The van der Waals surface area contributed by atoms with E-state index in [-0.39, 0.29) is 5.02 Å². The van der Waals surface area contributed by atoms with Crippen molar-refractivity contribution in [2.75, 3.05) is 5.75 Å². The van der Waals surface area contributed by atoms with Crippen LogP contribution in [0.3, 0.4) is 0 Å². The van der Waals surface area contributed by atoms with Crippen LogP contribution in [-0.2, 0) is 0 Å². The van der Waals surface area contributed by atoms with Gasteiger partial charge in [0.05, 0.1) is 16.1 Å². The van der Waals surface area contributed by atoms with Crippen molar-refractivity contribution in [2.24, 2.45) is 0 Å². The molecule has 0 aliphatic heterocycles. The first-order chi connectivity index (χ1) is 9.08. The summed E-state index contributed by atoms with van der Waals surface area (Å²) in [5.41, 5.74) is 0.589. The summed E-state index contributed by atoms with van der Waals surface area (Å²) in [6, 6.07) is 11.6. The van der Waals surface area contributed by atoms with Gasteiger partial charge in [0, 0.05) is 10.6 Å². The summed E-state index contributed by atoms with van der Waals surface area (Å²) in [6.07, 6.45) is -0.723. The molecular weight excluding hydrogens is 306 g/mol. The van der Waals surface area contributed by atoms with Crippen molar-refractivity contribution in [3.63, 3.8) is 0 Å². The van der Waals surface area contributed by atoms with Gasteiger partial charge < -0.3 is 5.11 Å². The van der Waals surface area contributed by atoms with Gasteiger partial charge in [-0.3, -0.25) is 0 Å². The Morgan fingerprint density at radius 2 is 1.84 bits per heavy atom. The molecule has 5 heteroatoms. The third-order valence-corrected chi connectivity index (χ3v) is 4.44. The first kappa shape index (κ1) is 14.7. The molecule has 0 fully saturated rings. The molecule has 1 unspecified atom stereocenters. The number of halogens is 3. The average molecular weight is 317 g/mol. The highest BCUT2D eigenvalue weighted by molar-refractivity contribution is 7.99. The zero-order chi connectivity index (χ0) is 13.8. The highest BCUT2D eigenvalue weighted by atomic mass is 35.5. The minimum atomic E-state index is -0.723. The standard InChI is InChI=1S/C14H11Cl2FOS/c15-10-3-1-2-4-14(10)19-8-13(18)9-5-6-12(17)11(16)7-9/h1-7,13,18H,8H2. The molecule has 0 radical (unpaired) electrons. The Labute approximate surface area is 125 Å². The molecule has 0 heterocycles. The van der Waals surface area contributed by atoms with E-state index in [1.54, 1.807) is 6.07 Å². The highest BCUT2D eigenvalue weighted by Gasteiger charge is 2.11. The molecule has 0 aromatic heterocycles. The summed E-state index contributed by atoms with van der Waals surface area (Å²) in [6.45, 7) is 0. The van der Waals surface area contributed by atoms with E-state index < -0.39 is 11.9 Å². The number of hydrogen-bond donors (Lipinski definition) is 1. The van der Waals surface area contributed by atoms with E-state index >= 15 is 0 Å². The molecule has 1 atom stereocenters. The molecule has 2 aromatic carbocycles. The third kappa shape index (κ3) is 3.86. The Balaban J connectivity index is 2.03. The molecule has 0 saturated carbocycles. The van der Waals surface area contributed by atoms with Crippen LogP contribution in [0.4, 0.5) is 4.39 Å². The van der Waals surface area contributed by atoms with Crippen LogP contribution in [0.15, 0.2) is 47.4 Å². The van der Waals surface area contributed by atoms with Gasteiger partial charge >= 0.3 is 0 Å². The Morgan fingerprint density at radius 3 is 2.53 bits per heavy atom. The van der Waals surface area contributed by atoms with Gasteiger partial charge in [-0.1, -0.05) is 41.4 Å². The van der Waals surface area contributed by atoms with Gasteiger partial charge in [0.2, 0.25) is 0 Å². The van der Waals surface area contributed by atoms with Crippen LogP contribution in [0.2, 0.25) is 10.0 Å². The molecular formula is C14H11Cl2FOS. The van der Waals surface area contributed by atoms with Crippen LogP contribution in [-0.4, -0.2) is 10.9 Å². The third-order valence-electron chi connectivity index (χ3n) is 2.56. The molecule has 19 heavy (non-hydrogen) atoms. The SMILES string of the molecule is OC(CSc1ccccc1Cl)c1ccc(F)c(Cl)c1. The fourth-order valence-electron chi connectivity index (χ4n) is 1.55. The minimum absolute atomic E-state index is 0.0132. The molecule has 0 bridgehead atoms. The maximum Gasteiger partial charge on any atom is 0.141 e. The van der Waals surface area contributed by atoms with Crippen molar-refractivity contribution in [2.45, 2.75) is 11.0 Å². The molecule has 2 rings (SSSR count). The van der Waals surface area contributed by atoms with E-state index in [1.165, 1.54) is 30.0 Å². The number of aliphatic hydroxyl groups is 1. The maximum atomic E-state index is 13.0. The summed E-state index contributed by atoms with van der Waals surface area (Å²) < 4.78 is 13.0. The lowest BCUT2D eigenvalue weighted by Crippen LogP contribution is -2.01. The number of hydrogen-bond acceptors (Lipinski definition) is 2. The van der Waals surface area contributed by atoms with E-state index in [1.807, 2.05) is 18.2 Å².